The van der Waals surface area contributed by atoms with Gasteiger partial charge in [0.2, 0.25) is 0 Å². The van der Waals surface area contributed by atoms with Gasteiger partial charge < -0.3 is 0 Å². The Kier molecular flexibility index (Phi) is 7.80. The Labute approximate surface area is 174 Å². The van der Waals surface area contributed by atoms with Gasteiger partial charge in [-0.3, -0.25) is 0 Å². The van der Waals surface area contributed by atoms with Crippen LogP contribution in [0.2, 0.25) is 0 Å². The fourth-order valence-electron chi connectivity index (χ4n) is 1.70. The third-order valence-electron chi connectivity index (χ3n) is 4.14. The minimum absolute atomic E-state index is 0.0259. The number of carbonyl (C=O) groups excluding carboxylic acids is 1. The van der Waals surface area contributed by atoms with Crippen LogP contribution in [0.4, 0.5) is 22.0 Å². The average Bonchev–Trinajstić information content (AvgIpc) is 3.20. The number of nitrogens with one attached hydrogen (secondary N) is 1. The summed E-state index contributed by atoms with van der Waals surface area (Å²) < 4.78 is 78.0. The number of esters is 1. The SMILES string of the molecule is CI1NC1C(C)(I)C(=O)OCC(C)(OCOC(F)(F)C(F)(F)F)C(C)(C)O. The summed E-state index contributed by atoms with van der Waals surface area (Å²) in [6.45, 7) is 3.33. The van der Waals surface area contributed by atoms with Crippen LogP contribution in [0.15, 0.2) is 0 Å². The molecule has 1 heterocycles. The predicted molar refractivity (Wildman–Crippen MR) is 103 cm³/mol. The number of alkyl halides is 8. The van der Waals surface area contributed by atoms with Gasteiger partial charge in [0.05, 0.1) is 0 Å². The second-order valence-corrected chi connectivity index (χ2v) is 13.9. The van der Waals surface area contributed by atoms with Crippen LogP contribution in [0, 0.1) is 0 Å². The van der Waals surface area contributed by atoms with Crippen molar-refractivity contribution in [3.8, 4) is 0 Å². The van der Waals surface area contributed by atoms with E-state index in [1.165, 1.54) is 20.8 Å². The molecule has 3 unspecified atom stereocenters. The molecule has 1 aliphatic rings. The van der Waals surface area contributed by atoms with Gasteiger partial charge in [0, 0.05) is 0 Å². The van der Waals surface area contributed by atoms with Gasteiger partial charge in [-0.25, -0.2) is 0 Å². The average molecular weight is 633 g/mol. The third kappa shape index (κ3) is 6.20. The topological polar surface area (TPSA) is 86.9 Å². The molecule has 0 radical (unpaired) electrons. The van der Waals surface area contributed by atoms with E-state index in [2.05, 4.69) is 8.27 Å². The van der Waals surface area contributed by atoms with Gasteiger partial charge in [-0.05, 0) is 0 Å². The zero-order valence-corrected chi connectivity index (χ0v) is 19.5. The van der Waals surface area contributed by atoms with Gasteiger partial charge in [-0.15, -0.1) is 0 Å². The van der Waals surface area contributed by atoms with Gasteiger partial charge >= 0.3 is 175 Å². The summed E-state index contributed by atoms with van der Waals surface area (Å²) in [4.78, 5) is 14.4. The Hall–Kier alpha value is 0.420. The van der Waals surface area contributed by atoms with Crippen molar-refractivity contribution in [1.29, 1.82) is 0 Å². The molecule has 0 spiro atoms. The van der Waals surface area contributed by atoms with Gasteiger partial charge in [0.1, 0.15) is 0 Å². The number of ether oxygens (including phenoxy) is 3. The maximum absolute atomic E-state index is 12.8. The fraction of sp³-hybridized carbons (Fsp3) is 0.929. The van der Waals surface area contributed by atoms with E-state index in [-0.39, 0.29) is 4.05 Å². The number of hydrogen-bond acceptors (Lipinski definition) is 6. The first kappa shape index (κ1) is 25.5. The van der Waals surface area contributed by atoms with Crippen LogP contribution in [0.3, 0.4) is 0 Å². The molecule has 1 fully saturated rings. The van der Waals surface area contributed by atoms with E-state index in [4.69, 9.17) is 9.47 Å². The molecule has 0 aromatic rings. The zero-order chi connectivity index (χ0) is 21.5. The Morgan fingerprint density at radius 3 is 2.00 bits per heavy atom. The summed E-state index contributed by atoms with van der Waals surface area (Å²) >= 11 is 0.586. The molecular formula is C14H22F5I2NO5. The zero-order valence-electron chi connectivity index (χ0n) is 15.2. The Morgan fingerprint density at radius 1 is 1.15 bits per heavy atom. The molecule has 1 aliphatic heterocycles. The monoisotopic (exact) mass is 633 g/mol. The van der Waals surface area contributed by atoms with Crippen LogP contribution >= 0.6 is 42.7 Å². The first-order valence-corrected chi connectivity index (χ1v) is 13.1. The van der Waals surface area contributed by atoms with Gasteiger partial charge in [-0.2, -0.15) is 0 Å². The van der Waals surface area contributed by atoms with E-state index in [0.717, 1.165) is 0 Å². The molecule has 1 saturated heterocycles. The van der Waals surface area contributed by atoms with Crippen molar-refractivity contribution >= 4 is 48.7 Å². The van der Waals surface area contributed by atoms with E-state index < -0.39 is 66.4 Å². The molecular weight excluding hydrogens is 611 g/mol. The molecule has 0 bridgehead atoms. The van der Waals surface area contributed by atoms with Crippen molar-refractivity contribution in [2.24, 2.45) is 0 Å². The van der Waals surface area contributed by atoms with Crippen LogP contribution in [-0.4, -0.2) is 60.4 Å². The number of halogens is 7. The third-order valence-corrected chi connectivity index (χ3v) is 10.8. The molecule has 27 heavy (non-hydrogen) atoms. The molecule has 0 aromatic heterocycles. The van der Waals surface area contributed by atoms with Crippen LogP contribution in [-0.2, 0) is 19.0 Å². The van der Waals surface area contributed by atoms with Crippen molar-refractivity contribution in [1.82, 2.24) is 3.53 Å². The Bertz CT molecular complexity index is 555. The summed E-state index contributed by atoms with van der Waals surface area (Å²) in [5, 5.41) is 10.2. The second kappa shape index (κ2) is 8.28. The Balaban J connectivity index is 2.73. The Morgan fingerprint density at radius 2 is 1.63 bits per heavy atom. The molecule has 2 N–H and O–H groups in total. The van der Waals surface area contributed by atoms with Crippen molar-refractivity contribution < 1.29 is 46.1 Å². The van der Waals surface area contributed by atoms with Crippen molar-refractivity contribution in [3.05, 3.63) is 0 Å². The molecule has 0 aromatic carbocycles. The van der Waals surface area contributed by atoms with Gasteiger partial charge in [-0.1, -0.05) is 0 Å². The number of hydrogen-bond donors (Lipinski definition) is 2. The summed E-state index contributed by atoms with van der Waals surface area (Å²) in [6.07, 6.45) is -11.3. The fourth-order valence-corrected chi connectivity index (χ4v) is 9.91. The molecule has 1 rings (SSSR count). The van der Waals surface area contributed by atoms with Crippen LogP contribution < -0.4 is 3.53 Å². The standard InChI is InChI=1S/C14H22F5I2NO5/c1-10(2,24)11(3,26-7-27-14(18,19)13(15,16)17)6-25-9(23)12(4,20)8-21(5)22-8/h8,22,24H,6-7H2,1-5H3. The van der Waals surface area contributed by atoms with E-state index >= 15 is 0 Å². The molecule has 13 heteroatoms. The first-order valence-electron chi connectivity index (χ1n) is 7.51. The number of rotatable bonds is 9. The summed E-state index contributed by atoms with van der Waals surface area (Å²) in [5.41, 5.74) is -3.54. The predicted octanol–water partition coefficient (Wildman–Crippen LogP) is 3.38. The van der Waals surface area contributed by atoms with E-state index in [1.54, 1.807) is 6.92 Å². The quantitative estimate of drug-likeness (QED) is 0.0593. The molecule has 162 valence electrons. The normalized spacial score (nSPS) is 24.1. The van der Waals surface area contributed by atoms with Crippen LogP contribution in [0.25, 0.3) is 0 Å². The molecule has 0 saturated carbocycles. The van der Waals surface area contributed by atoms with Crippen molar-refractivity contribution in [2.45, 2.75) is 58.7 Å². The second-order valence-electron chi connectivity index (χ2n) is 6.85. The van der Waals surface area contributed by atoms with Gasteiger partial charge in [0.15, 0.2) is 0 Å². The van der Waals surface area contributed by atoms with E-state index in [0.29, 0.717) is 0 Å². The number of aliphatic hydroxyl groups is 1. The van der Waals surface area contributed by atoms with E-state index in [1.807, 2.05) is 27.5 Å². The minimum atomic E-state index is -5.91. The van der Waals surface area contributed by atoms with Crippen molar-refractivity contribution in [3.63, 3.8) is 0 Å². The van der Waals surface area contributed by atoms with Crippen LogP contribution in [0.1, 0.15) is 27.7 Å². The van der Waals surface area contributed by atoms with Gasteiger partial charge in [0.25, 0.3) is 0 Å². The van der Waals surface area contributed by atoms with Crippen LogP contribution in [0.5, 0.6) is 0 Å². The molecule has 0 amide bonds. The number of carbonyl (C=O) groups is 1. The summed E-state index contributed by atoms with van der Waals surface area (Å²) in [6, 6.07) is 0. The maximum atomic E-state index is 12.8. The first-order chi connectivity index (χ1) is 11.9. The molecule has 6 nitrogen and oxygen atoms in total. The summed E-state index contributed by atoms with van der Waals surface area (Å²) in [7, 11) is 0. The van der Waals surface area contributed by atoms with E-state index in [9.17, 15) is 31.9 Å². The molecule has 0 aliphatic carbocycles. The molecule has 3 atom stereocenters. The van der Waals surface area contributed by atoms with Crippen molar-refractivity contribution in [2.75, 3.05) is 18.3 Å². The summed E-state index contributed by atoms with van der Waals surface area (Å²) in [5.74, 6) is -0.608.